The van der Waals surface area contributed by atoms with Gasteiger partial charge in [-0.25, -0.2) is 0 Å². The van der Waals surface area contributed by atoms with E-state index in [0.717, 1.165) is 24.4 Å². The maximum Gasteiger partial charge on any atom is 0.0406 e. The van der Waals surface area contributed by atoms with Crippen molar-refractivity contribution < 1.29 is 0 Å². The van der Waals surface area contributed by atoms with E-state index in [1.807, 2.05) is 12.1 Å². The van der Waals surface area contributed by atoms with Gasteiger partial charge >= 0.3 is 0 Å². The normalized spacial score (nSPS) is 12.4. The van der Waals surface area contributed by atoms with Crippen LogP contribution in [0.15, 0.2) is 36.4 Å². The fourth-order valence-electron chi connectivity index (χ4n) is 1.60. The van der Waals surface area contributed by atoms with E-state index in [-0.39, 0.29) is 0 Å². The average molecular weight is 238 g/mol. The van der Waals surface area contributed by atoms with Crippen LogP contribution >= 0.6 is 11.6 Å². The number of halogens is 1. The van der Waals surface area contributed by atoms with Crippen molar-refractivity contribution in [2.24, 2.45) is 0 Å². The van der Waals surface area contributed by atoms with Crippen molar-refractivity contribution in [1.82, 2.24) is 5.32 Å². The highest BCUT2D eigenvalue weighted by Gasteiger charge is 2.08. The van der Waals surface area contributed by atoms with E-state index in [2.05, 4.69) is 37.9 Å². The summed E-state index contributed by atoms with van der Waals surface area (Å²) < 4.78 is 0. The summed E-state index contributed by atoms with van der Waals surface area (Å²) in [5.74, 6) is 0. The average Bonchev–Trinajstić information content (AvgIpc) is 2.26. The molecule has 0 spiro atoms. The molecule has 0 aliphatic heterocycles. The number of rotatable bonds is 6. The fourth-order valence-corrected chi connectivity index (χ4v) is 1.72. The van der Waals surface area contributed by atoms with Crippen LogP contribution in [0.1, 0.15) is 25.8 Å². The second-order valence-electron chi connectivity index (χ2n) is 4.18. The van der Waals surface area contributed by atoms with Gasteiger partial charge in [0.25, 0.3) is 0 Å². The van der Waals surface area contributed by atoms with Crippen LogP contribution in [-0.4, -0.2) is 12.6 Å². The Hall–Kier alpha value is -0.790. The third-order valence-corrected chi connectivity index (χ3v) is 2.84. The first-order valence-electron chi connectivity index (χ1n) is 5.76. The van der Waals surface area contributed by atoms with Crippen molar-refractivity contribution in [3.8, 4) is 0 Å². The van der Waals surface area contributed by atoms with E-state index in [1.165, 1.54) is 11.1 Å². The van der Waals surface area contributed by atoms with Crippen LogP contribution in [0.2, 0.25) is 5.02 Å². The van der Waals surface area contributed by atoms with Crippen LogP contribution in [0.4, 0.5) is 0 Å². The lowest BCUT2D eigenvalue weighted by Gasteiger charge is -2.18. The molecule has 1 N–H and O–H groups in total. The van der Waals surface area contributed by atoms with Gasteiger partial charge in [0.05, 0.1) is 0 Å². The van der Waals surface area contributed by atoms with E-state index in [1.54, 1.807) is 0 Å². The number of benzene rings is 1. The third kappa shape index (κ3) is 4.38. The molecule has 16 heavy (non-hydrogen) atoms. The molecule has 1 nitrogen and oxygen atoms in total. The van der Waals surface area contributed by atoms with E-state index in [4.69, 9.17) is 11.6 Å². The van der Waals surface area contributed by atoms with Crippen molar-refractivity contribution in [2.75, 3.05) is 6.54 Å². The first-order chi connectivity index (χ1) is 7.63. The summed E-state index contributed by atoms with van der Waals surface area (Å²) in [5, 5.41) is 4.29. The van der Waals surface area contributed by atoms with Gasteiger partial charge in [-0.05, 0) is 44.0 Å². The molecule has 1 rings (SSSR count). The molecule has 1 aromatic carbocycles. The maximum atomic E-state index is 5.86. The Morgan fingerprint density at radius 2 is 2.00 bits per heavy atom. The molecule has 0 aliphatic carbocycles. The smallest absolute Gasteiger partial charge is 0.0406 e. The highest BCUT2D eigenvalue weighted by Crippen LogP contribution is 2.13. The first-order valence-corrected chi connectivity index (χ1v) is 6.14. The molecular weight excluding hydrogens is 218 g/mol. The van der Waals surface area contributed by atoms with E-state index in [9.17, 15) is 0 Å². The van der Waals surface area contributed by atoms with Gasteiger partial charge in [-0.15, -0.1) is 0 Å². The second kappa shape index (κ2) is 6.72. The zero-order valence-electron chi connectivity index (χ0n) is 10.1. The number of hydrogen-bond donors (Lipinski definition) is 1. The van der Waals surface area contributed by atoms with Crippen LogP contribution < -0.4 is 5.32 Å². The van der Waals surface area contributed by atoms with Crippen molar-refractivity contribution in [2.45, 2.75) is 32.7 Å². The molecule has 2 heteroatoms. The standard InChI is InChI=1S/C14H20ClN/c1-4-9-16-14(11(2)3)10-12-5-7-13(15)8-6-12/h5-8,14,16H,2,4,9-10H2,1,3H3. The van der Waals surface area contributed by atoms with Crippen molar-refractivity contribution in [1.29, 1.82) is 0 Å². The molecule has 0 aliphatic rings. The molecule has 0 fully saturated rings. The highest BCUT2D eigenvalue weighted by atomic mass is 35.5. The molecule has 1 aromatic rings. The molecule has 0 heterocycles. The summed E-state index contributed by atoms with van der Waals surface area (Å²) in [4.78, 5) is 0. The SMILES string of the molecule is C=C(C)C(Cc1ccc(Cl)cc1)NCCC. The Morgan fingerprint density at radius 1 is 1.38 bits per heavy atom. The molecule has 0 saturated heterocycles. The topological polar surface area (TPSA) is 12.0 Å². The van der Waals surface area contributed by atoms with Gasteiger partial charge in [-0.1, -0.05) is 42.8 Å². The molecule has 1 unspecified atom stereocenters. The van der Waals surface area contributed by atoms with Crippen molar-refractivity contribution in [3.63, 3.8) is 0 Å². The Balaban J connectivity index is 2.60. The van der Waals surface area contributed by atoms with Gasteiger partial charge in [0.15, 0.2) is 0 Å². The molecule has 0 amide bonds. The Morgan fingerprint density at radius 3 is 2.50 bits per heavy atom. The minimum atomic E-state index is 0.362. The zero-order valence-corrected chi connectivity index (χ0v) is 10.8. The summed E-state index contributed by atoms with van der Waals surface area (Å²) in [6.45, 7) is 9.31. The maximum absolute atomic E-state index is 5.86. The van der Waals surface area contributed by atoms with Crippen LogP contribution in [0.5, 0.6) is 0 Å². The Kier molecular flexibility index (Phi) is 5.58. The summed E-state index contributed by atoms with van der Waals surface area (Å²) in [5.41, 5.74) is 2.48. The molecule has 0 saturated carbocycles. The van der Waals surface area contributed by atoms with Crippen molar-refractivity contribution in [3.05, 3.63) is 47.0 Å². The summed E-state index contributed by atoms with van der Waals surface area (Å²) in [6.07, 6.45) is 2.12. The molecular formula is C14H20ClN. The Bertz CT molecular complexity index is 329. The van der Waals surface area contributed by atoms with E-state index in [0.29, 0.717) is 6.04 Å². The van der Waals surface area contributed by atoms with Gasteiger partial charge in [0.1, 0.15) is 0 Å². The largest absolute Gasteiger partial charge is 0.310 e. The van der Waals surface area contributed by atoms with Crippen LogP contribution in [0.3, 0.4) is 0 Å². The van der Waals surface area contributed by atoms with Crippen LogP contribution in [0.25, 0.3) is 0 Å². The van der Waals surface area contributed by atoms with Gasteiger partial charge in [-0.3, -0.25) is 0 Å². The molecule has 1 atom stereocenters. The Labute approximate surface area is 104 Å². The lowest BCUT2D eigenvalue weighted by Crippen LogP contribution is -2.32. The summed E-state index contributed by atoms with van der Waals surface area (Å²) >= 11 is 5.86. The number of nitrogens with one attached hydrogen (secondary N) is 1. The van der Waals surface area contributed by atoms with Crippen LogP contribution in [-0.2, 0) is 6.42 Å². The quantitative estimate of drug-likeness (QED) is 0.742. The lowest BCUT2D eigenvalue weighted by atomic mass is 10.0. The number of hydrogen-bond acceptors (Lipinski definition) is 1. The minimum Gasteiger partial charge on any atom is -0.310 e. The monoisotopic (exact) mass is 237 g/mol. The van der Waals surface area contributed by atoms with Gasteiger partial charge in [-0.2, -0.15) is 0 Å². The lowest BCUT2D eigenvalue weighted by molar-refractivity contribution is 0.564. The molecule has 0 radical (unpaired) electrons. The highest BCUT2D eigenvalue weighted by molar-refractivity contribution is 6.30. The fraction of sp³-hybridized carbons (Fsp3) is 0.429. The van der Waals surface area contributed by atoms with Gasteiger partial charge in [0.2, 0.25) is 0 Å². The van der Waals surface area contributed by atoms with E-state index >= 15 is 0 Å². The molecule has 88 valence electrons. The zero-order chi connectivity index (χ0) is 12.0. The second-order valence-corrected chi connectivity index (χ2v) is 4.62. The van der Waals surface area contributed by atoms with E-state index < -0.39 is 0 Å². The minimum absolute atomic E-state index is 0.362. The van der Waals surface area contributed by atoms with Crippen molar-refractivity contribution >= 4 is 11.6 Å². The molecule has 0 aromatic heterocycles. The van der Waals surface area contributed by atoms with Gasteiger partial charge < -0.3 is 5.32 Å². The third-order valence-electron chi connectivity index (χ3n) is 2.59. The summed E-state index contributed by atoms with van der Waals surface area (Å²) in [7, 11) is 0. The molecule has 0 bridgehead atoms. The first kappa shape index (κ1) is 13.3. The predicted octanol–water partition coefficient (Wildman–Crippen LogP) is 3.83. The van der Waals surface area contributed by atoms with Gasteiger partial charge in [0, 0.05) is 11.1 Å². The summed E-state index contributed by atoms with van der Waals surface area (Å²) in [6, 6.07) is 8.39. The van der Waals surface area contributed by atoms with Crippen LogP contribution in [0, 0.1) is 0 Å². The predicted molar refractivity (Wildman–Crippen MR) is 72.1 cm³/mol.